The van der Waals surface area contributed by atoms with Gasteiger partial charge in [0.1, 0.15) is 0 Å². The third kappa shape index (κ3) is 2.71. The van der Waals surface area contributed by atoms with Gasteiger partial charge < -0.3 is 15.2 Å². The molecule has 1 saturated heterocycles. The summed E-state index contributed by atoms with van der Waals surface area (Å²) in [5.41, 5.74) is 2.65. The van der Waals surface area contributed by atoms with Crippen molar-refractivity contribution < 1.29 is 8.42 Å². The number of H-pyrrole nitrogens is 1. The topological polar surface area (TPSA) is 65.2 Å². The third-order valence-corrected chi connectivity index (χ3v) is 6.68. The van der Waals surface area contributed by atoms with Gasteiger partial charge in [0.2, 0.25) is 9.84 Å². The second-order valence-electron chi connectivity index (χ2n) is 6.33. The maximum atomic E-state index is 13.2. The molecule has 0 bridgehead atoms. The van der Waals surface area contributed by atoms with Crippen molar-refractivity contribution in [3.63, 3.8) is 0 Å². The van der Waals surface area contributed by atoms with Gasteiger partial charge in [-0.1, -0.05) is 30.3 Å². The molecule has 5 nitrogen and oxygen atoms in total. The van der Waals surface area contributed by atoms with E-state index in [2.05, 4.69) is 21.3 Å². The Morgan fingerprint density at radius 3 is 2.40 bits per heavy atom. The highest BCUT2D eigenvalue weighted by molar-refractivity contribution is 7.91. The number of sulfone groups is 1. The molecule has 2 aromatic carbocycles. The van der Waals surface area contributed by atoms with Crippen molar-refractivity contribution in [3.8, 4) is 0 Å². The quantitative estimate of drug-likeness (QED) is 0.758. The van der Waals surface area contributed by atoms with E-state index in [0.717, 1.165) is 42.8 Å². The van der Waals surface area contributed by atoms with E-state index in [-0.39, 0.29) is 0 Å². The Kier molecular flexibility index (Phi) is 4.01. The van der Waals surface area contributed by atoms with Gasteiger partial charge in [0.25, 0.3) is 0 Å². The third-order valence-electron chi connectivity index (χ3n) is 4.72. The largest absolute Gasteiger partial charge is 0.367 e. The smallest absolute Gasteiger partial charge is 0.208 e. The molecule has 0 atom stereocenters. The summed E-state index contributed by atoms with van der Waals surface area (Å²) in [4.78, 5) is 6.33. The highest BCUT2D eigenvalue weighted by atomic mass is 32.2. The molecule has 0 radical (unpaired) electrons. The number of fused-ring (bicyclic) bond motifs is 1. The number of rotatable bonds is 3. The average molecular weight is 355 g/mol. The van der Waals surface area contributed by atoms with Crippen LogP contribution in [0, 0.1) is 6.92 Å². The van der Waals surface area contributed by atoms with Crippen LogP contribution in [-0.2, 0) is 9.84 Å². The van der Waals surface area contributed by atoms with E-state index in [0.29, 0.717) is 15.5 Å². The fourth-order valence-corrected chi connectivity index (χ4v) is 5.20. The normalized spacial score (nSPS) is 15.6. The average Bonchev–Trinajstić information content (AvgIpc) is 2.99. The molecule has 0 saturated carbocycles. The van der Waals surface area contributed by atoms with Crippen LogP contribution in [-0.4, -0.2) is 39.6 Å². The summed E-state index contributed by atoms with van der Waals surface area (Å²) in [6, 6.07) is 14.5. The minimum atomic E-state index is -3.56. The Balaban J connectivity index is 1.90. The zero-order chi connectivity index (χ0) is 17.4. The number of anilines is 1. The summed E-state index contributed by atoms with van der Waals surface area (Å²) in [7, 11) is -3.56. The first-order valence-electron chi connectivity index (χ1n) is 8.46. The minimum Gasteiger partial charge on any atom is -0.367 e. The number of piperazine rings is 1. The summed E-state index contributed by atoms with van der Waals surface area (Å²) in [6.07, 6.45) is 0. The summed E-state index contributed by atoms with van der Waals surface area (Å²) in [5, 5.41) is 4.11. The van der Waals surface area contributed by atoms with Gasteiger partial charge in [0.15, 0.2) is 0 Å². The van der Waals surface area contributed by atoms with Gasteiger partial charge in [-0.25, -0.2) is 8.42 Å². The van der Waals surface area contributed by atoms with Gasteiger partial charge in [-0.3, -0.25) is 0 Å². The Hall–Kier alpha value is -2.31. The molecule has 3 aromatic rings. The van der Waals surface area contributed by atoms with E-state index in [1.165, 1.54) is 0 Å². The number of nitrogens with zero attached hydrogens (tertiary/aromatic N) is 1. The molecule has 130 valence electrons. The monoisotopic (exact) mass is 355 g/mol. The Morgan fingerprint density at radius 2 is 1.68 bits per heavy atom. The number of benzene rings is 2. The Bertz CT molecular complexity index is 1000. The second-order valence-corrected chi connectivity index (χ2v) is 8.22. The molecule has 1 aliphatic heterocycles. The molecule has 25 heavy (non-hydrogen) atoms. The zero-order valence-corrected chi connectivity index (χ0v) is 14.9. The van der Waals surface area contributed by atoms with Crippen molar-refractivity contribution in [2.24, 2.45) is 0 Å². The van der Waals surface area contributed by atoms with Gasteiger partial charge in [-0.2, -0.15) is 0 Å². The van der Waals surface area contributed by atoms with E-state index >= 15 is 0 Å². The first kappa shape index (κ1) is 16.2. The lowest BCUT2D eigenvalue weighted by molar-refractivity contribution is 0.590. The number of hydrogen-bond donors (Lipinski definition) is 2. The van der Waals surface area contributed by atoms with E-state index in [1.807, 2.05) is 25.1 Å². The summed E-state index contributed by atoms with van der Waals surface area (Å²) >= 11 is 0. The van der Waals surface area contributed by atoms with Gasteiger partial charge >= 0.3 is 0 Å². The molecule has 2 N–H and O–H groups in total. The van der Waals surface area contributed by atoms with Crippen LogP contribution in [0.2, 0.25) is 0 Å². The van der Waals surface area contributed by atoms with Crippen molar-refractivity contribution in [2.75, 3.05) is 31.1 Å². The van der Waals surface area contributed by atoms with Crippen LogP contribution >= 0.6 is 0 Å². The van der Waals surface area contributed by atoms with Gasteiger partial charge in [0, 0.05) is 37.3 Å². The maximum Gasteiger partial charge on any atom is 0.208 e. The summed E-state index contributed by atoms with van der Waals surface area (Å²) < 4.78 is 26.3. The highest BCUT2D eigenvalue weighted by Crippen LogP contribution is 2.35. The standard InChI is InChI=1S/C19H21N3O2S/c1-14-19(25(23,24)15-6-3-2-4-7-15)16-8-5-9-17(18(16)21-14)22-12-10-20-11-13-22/h2-9,20-21H,10-13H2,1H3. The minimum absolute atomic E-state index is 0.326. The van der Waals surface area contributed by atoms with Crippen LogP contribution in [0.25, 0.3) is 10.9 Å². The lowest BCUT2D eigenvalue weighted by Gasteiger charge is -2.29. The molecule has 4 rings (SSSR count). The van der Waals surface area contributed by atoms with Crippen molar-refractivity contribution >= 4 is 26.4 Å². The van der Waals surface area contributed by atoms with E-state index in [1.54, 1.807) is 24.3 Å². The predicted molar refractivity (Wildman–Crippen MR) is 100 cm³/mol. The molecule has 1 aromatic heterocycles. The first-order chi connectivity index (χ1) is 12.1. The molecule has 6 heteroatoms. The Morgan fingerprint density at radius 1 is 0.960 bits per heavy atom. The summed E-state index contributed by atoms with van der Waals surface area (Å²) in [6.45, 7) is 5.53. The molecular formula is C19H21N3O2S. The van der Waals surface area contributed by atoms with E-state index < -0.39 is 9.84 Å². The highest BCUT2D eigenvalue weighted by Gasteiger charge is 2.26. The molecule has 0 unspecified atom stereocenters. The van der Waals surface area contributed by atoms with Gasteiger partial charge in [-0.15, -0.1) is 0 Å². The number of hydrogen-bond acceptors (Lipinski definition) is 4. The summed E-state index contributed by atoms with van der Waals surface area (Å²) in [5.74, 6) is 0. The van der Waals surface area contributed by atoms with Crippen LogP contribution < -0.4 is 10.2 Å². The number of aromatic amines is 1. The first-order valence-corrected chi connectivity index (χ1v) is 9.94. The van der Waals surface area contributed by atoms with E-state index in [4.69, 9.17) is 0 Å². The van der Waals surface area contributed by atoms with Crippen molar-refractivity contribution in [3.05, 3.63) is 54.2 Å². The molecule has 0 spiro atoms. The second kappa shape index (κ2) is 6.20. The molecule has 0 aliphatic carbocycles. The molecule has 1 fully saturated rings. The van der Waals surface area contributed by atoms with Crippen LogP contribution in [0.3, 0.4) is 0 Å². The SMILES string of the molecule is Cc1[nH]c2c(N3CCNCC3)cccc2c1S(=O)(=O)c1ccccc1. The fourth-order valence-electron chi connectivity index (χ4n) is 3.54. The number of aryl methyl sites for hydroxylation is 1. The number of aromatic nitrogens is 1. The van der Waals surface area contributed by atoms with Gasteiger partial charge in [0.05, 0.1) is 21.0 Å². The number of para-hydroxylation sites is 1. The lowest BCUT2D eigenvalue weighted by atomic mass is 10.2. The molecule has 0 amide bonds. The van der Waals surface area contributed by atoms with Crippen molar-refractivity contribution in [2.45, 2.75) is 16.7 Å². The zero-order valence-electron chi connectivity index (χ0n) is 14.1. The van der Waals surface area contributed by atoms with Crippen LogP contribution in [0.5, 0.6) is 0 Å². The van der Waals surface area contributed by atoms with Crippen LogP contribution in [0.4, 0.5) is 5.69 Å². The fraction of sp³-hybridized carbons (Fsp3) is 0.263. The Labute approximate surface area is 147 Å². The lowest BCUT2D eigenvalue weighted by Crippen LogP contribution is -2.43. The van der Waals surface area contributed by atoms with Gasteiger partial charge in [-0.05, 0) is 25.1 Å². The maximum absolute atomic E-state index is 13.2. The van der Waals surface area contributed by atoms with Crippen molar-refractivity contribution in [1.29, 1.82) is 0 Å². The molecule has 2 heterocycles. The predicted octanol–water partition coefficient (Wildman–Crippen LogP) is 2.72. The van der Waals surface area contributed by atoms with E-state index in [9.17, 15) is 8.42 Å². The molecule has 1 aliphatic rings. The van der Waals surface area contributed by atoms with Crippen molar-refractivity contribution in [1.82, 2.24) is 10.3 Å². The molecular weight excluding hydrogens is 334 g/mol. The van der Waals surface area contributed by atoms with Crippen LogP contribution in [0.1, 0.15) is 5.69 Å². The van der Waals surface area contributed by atoms with Crippen LogP contribution in [0.15, 0.2) is 58.3 Å². The number of nitrogens with one attached hydrogen (secondary N) is 2.